The van der Waals surface area contributed by atoms with Gasteiger partial charge in [-0.15, -0.1) is 0 Å². The lowest BCUT2D eigenvalue weighted by Crippen LogP contribution is -2.51. The van der Waals surface area contributed by atoms with Crippen molar-refractivity contribution in [2.75, 3.05) is 13.7 Å². The number of hydrogen-bond acceptors (Lipinski definition) is 4. The molecule has 0 aliphatic rings. The van der Waals surface area contributed by atoms with E-state index in [0.717, 1.165) is 5.56 Å². The molecule has 1 aromatic carbocycles. The molecule has 6 heteroatoms. The SMILES string of the molecule is CC(C)[C@H](NC(=O)COc1ccccc1)C(=O)N(C)Cc1cccnc1. The predicted molar refractivity (Wildman–Crippen MR) is 99.4 cm³/mol. The molecule has 0 bridgehead atoms. The Morgan fingerprint density at radius 2 is 1.88 bits per heavy atom. The first-order chi connectivity index (χ1) is 12.5. The van der Waals surface area contributed by atoms with Gasteiger partial charge in [-0.1, -0.05) is 38.1 Å². The molecular weight excluding hydrogens is 330 g/mol. The number of aromatic nitrogens is 1. The Hall–Kier alpha value is -2.89. The summed E-state index contributed by atoms with van der Waals surface area (Å²) in [7, 11) is 1.72. The summed E-state index contributed by atoms with van der Waals surface area (Å²) in [4.78, 5) is 30.6. The lowest BCUT2D eigenvalue weighted by atomic mass is 10.0. The van der Waals surface area contributed by atoms with Crippen molar-refractivity contribution < 1.29 is 14.3 Å². The van der Waals surface area contributed by atoms with Crippen LogP contribution in [0, 0.1) is 5.92 Å². The summed E-state index contributed by atoms with van der Waals surface area (Å²) in [6.07, 6.45) is 3.41. The van der Waals surface area contributed by atoms with Crippen LogP contribution >= 0.6 is 0 Å². The molecule has 2 amide bonds. The number of nitrogens with zero attached hydrogens (tertiary/aromatic N) is 2. The number of pyridine rings is 1. The molecule has 1 aromatic heterocycles. The monoisotopic (exact) mass is 355 g/mol. The molecule has 26 heavy (non-hydrogen) atoms. The summed E-state index contributed by atoms with van der Waals surface area (Å²) >= 11 is 0. The Balaban J connectivity index is 1.92. The number of hydrogen-bond donors (Lipinski definition) is 1. The van der Waals surface area contributed by atoms with E-state index >= 15 is 0 Å². The topological polar surface area (TPSA) is 71.5 Å². The summed E-state index contributed by atoms with van der Waals surface area (Å²) in [5.41, 5.74) is 0.935. The number of carbonyl (C=O) groups is 2. The van der Waals surface area contributed by atoms with E-state index in [4.69, 9.17) is 4.74 Å². The molecular formula is C20H25N3O3. The van der Waals surface area contributed by atoms with Crippen LogP contribution in [0.15, 0.2) is 54.9 Å². The number of ether oxygens (including phenoxy) is 1. The first-order valence-corrected chi connectivity index (χ1v) is 8.58. The van der Waals surface area contributed by atoms with Crippen molar-refractivity contribution in [2.45, 2.75) is 26.4 Å². The summed E-state index contributed by atoms with van der Waals surface area (Å²) in [5.74, 6) is 0.107. The minimum absolute atomic E-state index is 0.0421. The van der Waals surface area contributed by atoms with Crippen LogP contribution in [0.3, 0.4) is 0 Å². The zero-order valence-corrected chi connectivity index (χ0v) is 15.4. The highest BCUT2D eigenvalue weighted by Gasteiger charge is 2.27. The van der Waals surface area contributed by atoms with Crippen LogP contribution in [-0.2, 0) is 16.1 Å². The number of nitrogens with one attached hydrogen (secondary N) is 1. The first kappa shape index (κ1) is 19.4. The molecule has 0 saturated heterocycles. The third-order valence-electron chi connectivity index (χ3n) is 3.88. The zero-order valence-electron chi connectivity index (χ0n) is 15.4. The van der Waals surface area contributed by atoms with E-state index in [1.807, 2.05) is 44.2 Å². The zero-order chi connectivity index (χ0) is 18.9. The summed E-state index contributed by atoms with van der Waals surface area (Å²) in [6, 6.07) is 12.2. The van der Waals surface area contributed by atoms with Gasteiger partial charge in [0.2, 0.25) is 5.91 Å². The van der Waals surface area contributed by atoms with Crippen LogP contribution in [0.4, 0.5) is 0 Å². The molecule has 0 spiro atoms. The Labute approximate surface area is 154 Å². The van der Waals surface area contributed by atoms with Crippen molar-refractivity contribution in [1.82, 2.24) is 15.2 Å². The molecule has 0 saturated carbocycles. The molecule has 6 nitrogen and oxygen atoms in total. The fraction of sp³-hybridized carbons (Fsp3) is 0.350. The quantitative estimate of drug-likeness (QED) is 0.788. The first-order valence-electron chi connectivity index (χ1n) is 8.58. The van der Waals surface area contributed by atoms with Crippen molar-refractivity contribution in [1.29, 1.82) is 0 Å². The molecule has 2 aromatic rings. The van der Waals surface area contributed by atoms with E-state index < -0.39 is 6.04 Å². The van der Waals surface area contributed by atoms with Gasteiger partial charge in [0.1, 0.15) is 11.8 Å². The molecule has 0 fully saturated rings. The van der Waals surface area contributed by atoms with E-state index in [1.54, 1.807) is 36.5 Å². The van der Waals surface area contributed by atoms with Gasteiger partial charge in [0.05, 0.1) is 0 Å². The van der Waals surface area contributed by atoms with E-state index in [-0.39, 0.29) is 24.3 Å². The summed E-state index contributed by atoms with van der Waals surface area (Å²) in [6.45, 7) is 4.11. The molecule has 1 heterocycles. The van der Waals surface area contributed by atoms with E-state index in [0.29, 0.717) is 12.3 Å². The van der Waals surface area contributed by atoms with Gasteiger partial charge in [0, 0.05) is 26.0 Å². The largest absolute Gasteiger partial charge is 0.484 e. The van der Waals surface area contributed by atoms with Gasteiger partial charge in [-0.2, -0.15) is 0 Å². The smallest absolute Gasteiger partial charge is 0.258 e. The second kappa shape index (κ2) is 9.56. The number of benzene rings is 1. The Morgan fingerprint density at radius 3 is 2.50 bits per heavy atom. The van der Waals surface area contributed by atoms with Gasteiger partial charge in [-0.25, -0.2) is 0 Å². The number of carbonyl (C=O) groups excluding carboxylic acids is 2. The number of para-hydroxylation sites is 1. The number of amides is 2. The van der Waals surface area contributed by atoms with Crippen LogP contribution in [0.1, 0.15) is 19.4 Å². The Bertz CT molecular complexity index is 705. The number of rotatable bonds is 8. The summed E-state index contributed by atoms with van der Waals surface area (Å²) < 4.78 is 5.44. The van der Waals surface area contributed by atoms with Gasteiger partial charge in [0.25, 0.3) is 5.91 Å². The minimum atomic E-state index is -0.608. The molecule has 1 N–H and O–H groups in total. The van der Waals surface area contributed by atoms with Crippen molar-refractivity contribution >= 4 is 11.8 Å². The fourth-order valence-electron chi connectivity index (χ4n) is 2.48. The maximum atomic E-state index is 12.7. The highest BCUT2D eigenvalue weighted by Crippen LogP contribution is 2.10. The molecule has 1 atom stereocenters. The molecule has 0 radical (unpaired) electrons. The van der Waals surface area contributed by atoms with Crippen LogP contribution < -0.4 is 10.1 Å². The Kier molecular flexibility index (Phi) is 7.14. The van der Waals surface area contributed by atoms with Gasteiger partial charge < -0.3 is 15.0 Å². The third kappa shape index (κ3) is 5.88. The highest BCUT2D eigenvalue weighted by atomic mass is 16.5. The second-order valence-electron chi connectivity index (χ2n) is 6.45. The van der Waals surface area contributed by atoms with Crippen molar-refractivity contribution in [2.24, 2.45) is 5.92 Å². The molecule has 0 aliphatic heterocycles. The lowest BCUT2D eigenvalue weighted by molar-refractivity contribution is -0.137. The fourth-order valence-corrected chi connectivity index (χ4v) is 2.48. The van der Waals surface area contributed by atoms with Crippen molar-refractivity contribution in [3.05, 3.63) is 60.4 Å². The number of likely N-dealkylation sites (N-methyl/N-ethyl adjacent to an activating group) is 1. The second-order valence-corrected chi connectivity index (χ2v) is 6.45. The van der Waals surface area contributed by atoms with Crippen molar-refractivity contribution in [3.63, 3.8) is 0 Å². The van der Waals surface area contributed by atoms with Gasteiger partial charge >= 0.3 is 0 Å². The molecule has 0 unspecified atom stereocenters. The lowest BCUT2D eigenvalue weighted by Gasteiger charge is -2.27. The van der Waals surface area contributed by atoms with Crippen LogP contribution in [0.5, 0.6) is 5.75 Å². The molecule has 0 aliphatic carbocycles. The predicted octanol–water partition coefficient (Wildman–Crippen LogP) is 2.26. The average Bonchev–Trinajstić information content (AvgIpc) is 2.65. The van der Waals surface area contributed by atoms with E-state index in [1.165, 1.54) is 0 Å². The maximum absolute atomic E-state index is 12.7. The van der Waals surface area contributed by atoms with Crippen LogP contribution in [0.25, 0.3) is 0 Å². The summed E-state index contributed by atoms with van der Waals surface area (Å²) in [5, 5.41) is 2.78. The van der Waals surface area contributed by atoms with Crippen LogP contribution in [0.2, 0.25) is 0 Å². The minimum Gasteiger partial charge on any atom is -0.484 e. The van der Waals surface area contributed by atoms with Crippen molar-refractivity contribution in [3.8, 4) is 5.75 Å². The third-order valence-corrected chi connectivity index (χ3v) is 3.88. The van der Waals surface area contributed by atoms with Gasteiger partial charge in [0.15, 0.2) is 6.61 Å². The maximum Gasteiger partial charge on any atom is 0.258 e. The molecule has 2 rings (SSSR count). The molecule has 138 valence electrons. The average molecular weight is 355 g/mol. The van der Waals surface area contributed by atoms with E-state index in [9.17, 15) is 9.59 Å². The van der Waals surface area contributed by atoms with Gasteiger partial charge in [-0.3, -0.25) is 14.6 Å². The van der Waals surface area contributed by atoms with E-state index in [2.05, 4.69) is 10.3 Å². The standard InChI is InChI=1S/C20H25N3O3/c1-15(2)19(20(25)23(3)13-16-8-7-11-21-12-16)22-18(24)14-26-17-9-5-4-6-10-17/h4-12,15,19H,13-14H2,1-3H3,(H,22,24)/t19-/m0/s1. The van der Waals surface area contributed by atoms with Crippen LogP contribution in [-0.4, -0.2) is 41.4 Å². The normalized spacial score (nSPS) is 11.7. The highest BCUT2D eigenvalue weighted by molar-refractivity contribution is 5.88. The Morgan fingerprint density at radius 1 is 1.15 bits per heavy atom. The van der Waals surface area contributed by atoms with Gasteiger partial charge in [-0.05, 0) is 29.7 Å².